The van der Waals surface area contributed by atoms with Crippen molar-refractivity contribution in [2.45, 2.75) is 91.3 Å². The number of nitrogens with one attached hydrogen (secondary N) is 1. The van der Waals surface area contributed by atoms with Gasteiger partial charge in [0.2, 0.25) is 0 Å². The van der Waals surface area contributed by atoms with Crippen molar-refractivity contribution in [2.75, 3.05) is 24.4 Å². The summed E-state index contributed by atoms with van der Waals surface area (Å²) < 4.78 is 8.45. The molecule has 2 N–H and O–H groups in total. The van der Waals surface area contributed by atoms with Crippen molar-refractivity contribution < 1.29 is 19.4 Å². The van der Waals surface area contributed by atoms with Crippen LogP contribution in [0.2, 0.25) is 0 Å². The van der Waals surface area contributed by atoms with E-state index in [2.05, 4.69) is 42.2 Å². The van der Waals surface area contributed by atoms with Crippen LogP contribution in [0.3, 0.4) is 0 Å². The van der Waals surface area contributed by atoms with Gasteiger partial charge in [-0.15, -0.1) is 11.8 Å². The maximum absolute atomic E-state index is 13.4. The van der Waals surface area contributed by atoms with Crippen LogP contribution in [0.25, 0.3) is 11.1 Å². The number of fused-ring (bicyclic) bond motifs is 1. The van der Waals surface area contributed by atoms with E-state index in [0.29, 0.717) is 46.7 Å². The molecule has 5 saturated carbocycles. The number of aromatic carboxylic acids is 1. The Morgan fingerprint density at radius 3 is 2.71 bits per heavy atom. The van der Waals surface area contributed by atoms with Gasteiger partial charge in [0.15, 0.2) is 5.69 Å². The highest BCUT2D eigenvalue weighted by atomic mass is 32.2. The second kappa shape index (κ2) is 12.1. The van der Waals surface area contributed by atoms with E-state index in [4.69, 9.17) is 14.8 Å². The van der Waals surface area contributed by atoms with Gasteiger partial charge in [0.05, 0.1) is 17.7 Å². The maximum Gasteiger partial charge on any atom is 0.355 e. The number of thioether (sulfide) groups is 1. The number of carboxylic acid groups (broad SMARTS) is 1. The lowest BCUT2D eigenvalue weighted by Gasteiger charge is -2.65. The highest BCUT2D eigenvalue weighted by Crippen LogP contribution is 2.84. The first-order valence-electron chi connectivity index (χ1n) is 18.2. The molecule has 1 spiro atoms. The van der Waals surface area contributed by atoms with Gasteiger partial charge in [-0.25, -0.2) is 9.78 Å². The number of carbonyl (C=O) groups is 2. The number of nitrogens with zero attached hydrogens (tertiary/aromatic N) is 4. The largest absolute Gasteiger partial charge is 0.476 e. The second-order valence-electron chi connectivity index (χ2n) is 16.6. The van der Waals surface area contributed by atoms with Crippen LogP contribution in [0, 0.1) is 36.0 Å². The Balaban J connectivity index is 1.04. The van der Waals surface area contributed by atoms with Crippen LogP contribution in [0.4, 0.5) is 5.82 Å². The van der Waals surface area contributed by atoms with Crippen LogP contribution in [0.5, 0.6) is 0 Å². The zero-order chi connectivity index (χ0) is 35.9. The number of allylic oxidation sites excluding steroid dienone is 2. The monoisotopic (exact) mass is 707 g/mol. The summed E-state index contributed by atoms with van der Waals surface area (Å²) >= 11 is 1.48. The number of anilines is 1. The molecular formula is C41H49N5O4S. The van der Waals surface area contributed by atoms with E-state index in [1.54, 1.807) is 0 Å². The van der Waals surface area contributed by atoms with E-state index in [-0.39, 0.29) is 22.6 Å². The van der Waals surface area contributed by atoms with E-state index in [1.807, 2.05) is 56.6 Å². The number of ether oxygens (including phenoxy) is 1. The van der Waals surface area contributed by atoms with Crippen molar-refractivity contribution >= 4 is 29.5 Å². The third kappa shape index (κ3) is 5.64. The minimum Gasteiger partial charge on any atom is -0.476 e. The predicted molar refractivity (Wildman–Crippen MR) is 201 cm³/mol. The Morgan fingerprint density at radius 1 is 1.12 bits per heavy atom. The fourth-order valence-electron chi connectivity index (χ4n) is 11.5. The van der Waals surface area contributed by atoms with Crippen molar-refractivity contribution in [1.29, 1.82) is 0 Å². The molecule has 6 aliphatic rings. The van der Waals surface area contributed by atoms with Gasteiger partial charge in [-0.1, -0.05) is 31.7 Å². The summed E-state index contributed by atoms with van der Waals surface area (Å²) in [5, 5.41) is 18.4. The number of pyridine rings is 1. The second-order valence-corrected chi connectivity index (χ2v) is 17.7. The van der Waals surface area contributed by atoms with Gasteiger partial charge in [0.25, 0.3) is 5.91 Å². The van der Waals surface area contributed by atoms with Crippen LogP contribution in [-0.2, 0) is 24.2 Å². The molecule has 4 bridgehead atoms. The predicted octanol–water partition coefficient (Wildman–Crippen LogP) is 7.71. The number of methoxy groups -OCH3 is 1. The van der Waals surface area contributed by atoms with Crippen molar-refractivity contribution in [3.8, 4) is 11.1 Å². The molecule has 10 heteroatoms. The first kappa shape index (κ1) is 34.2. The lowest BCUT2D eigenvalue weighted by molar-refractivity contribution is -0.215. The summed E-state index contributed by atoms with van der Waals surface area (Å²) in [5.41, 5.74) is 7.15. The number of amides is 1. The fraction of sp³-hybridized carbons (Fsp3) is 0.512. The van der Waals surface area contributed by atoms with Gasteiger partial charge in [0, 0.05) is 54.0 Å². The fourth-order valence-corrected chi connectivity index (χ4v) is 12.1. The van der Waals surface area contributed by atoms with Gasteiger partial charge in [-0.3, -0.25) is 9.48 Å². The van der Waals surface area contributed by atoms with Crippen LogP contribution < -0.4 is 10.2 Å². The molecule has 9 rings (SSSR count). The molecule has 9 nitrogen and oxygen atoms in total. The van der Waals surface area contributed by atoms with Gasteiger partial charge in [0.1, 0.15) is 5.82 Å². The van der Waals surface area contributed by atoms with Crippen molar-refractivity contribution in [2.24, 2.45) is 22.2 Å². The highest BCUT2D eigenvalue weighted by Gasteiger charge is 2.78. The first-order chi connectivity index (χ1) is 24.3. The van der Waals surface area contributed by atoms with Crippen molar-refractivity contribution in [3.63, 3.8) is 0 Å². The number of hydrogen-bond donors (Lipinski definition) is 2. The van der Waals surface area contributed by atoms with E-state index in [0.717, 1.165) is 59.0 Å². The van der Waals surface area contributed by atoms with Crippen LogP contribution in [0.1, 0.15) is 95.6 Å². The minimum absolute atomic E-state index is 0.0170. The average Bonchev–Trinajstić information content (AvgIpc) is 3.69. The molecule has 268 valence electrons. The Hall–Kier alpha value is -3.89. The summed E-state index contributed by atoms with van der Waals surface area (Å²) in [7, 11) is 1.91. The molecule has 5 aliphatic carbocycles. The van der Waals surface area contributed by atoms with Crippen molar-refractivity contribution in [3.05, 3.63) is 87.7 Å². The quantitative estimate of drug-likeness (QED) is 0.154. The summed E-state index contributed by atoms with van der Waals surface area (Å²) in [4.78, 5) is 33.9. The van der Waals surface area contributed by atoms with E-state index in [9.17, 15) is 14.7 Å². The molecule has 51 heavy (non-hydrogen) atoms. The topological polar surface area (TPSA) is 110 Å². The Bertz CT molecular complexity index is 2000. The lowest BCUT2D eigenvalue weighted by atomic mass is 9.43. The van der Waals surface area contributed by atoms with Crippen LogP contribution in [-0.4, -0.2) is 56.9 Å². The third-order valence-corrected chi connectivity index (χ3v) is 13.8. The van der Waals surface area contributed by atoms with Gasteiger partial charge < -0.3 is 20.1 Å². The standard InChI is InChI=1S/C41H49N5O4S/c1-7-8-26(3)51-24-42-36(47)30-10-9-25(2)28-13-14-45(17-32(28)30)34-12-11-29(35(44-34)37(48)49)31-16-43-46(27(31)4)23-40-19-38(5)18-39(15-33(39)40)21-41(20-38,22-40)50-6/h7-12,16,33H,3,13-15,17-24H2,1-2,4-6H3,(H,42,47)(H,48,49)/b8-7-. The van der Waals surface area contributed by atoms with E-state index < -0.39 is 5.97 Å². The number of carbonyl (C=O) groups excluding carboxylic acids is 1. The smallest absolute Gasteiger partial charge is 0.355 e. The number of carboxylic acids is 1. The molecule has 1 amide bonds. The molecule has 5 atom stereocenters. The molecule has 2 aromatic heterocycles. The summed E-state index contributed by atoms with van der Waals surface area (Å²) in [6.07, 6.45) is 13.7. The summed E-state index contributed by atoms with van der Waals surface area (Å²) in [6, 6.07) is 7.70. The Labute approximate surface area is 304 Å². The average molecular weight is 708 g/mol. The Morgan fingerprint density at radius 2 is 1.94 bits per heavy atom. The molecule has 5 unspecified atom stereocenters. The Kier molecular flexibility index (Phi) is 8.11. The molecule has 0 radical (unpaired) electrons. The van der Waals surface area contributed by atoms with Gasteiger partial charge >= 0.3 is 5.97 Å². The van der Waals surface area contributed by atoms with Crippen LogP contribution >= 0.6 is 11.8 Å². The van der Waals surface area contributed by atoms with E-state index >= 15 is 0 Å². The van der Waals surface area contributed by atoms with Crippen LogP contribution in [0.15, 0.2) is 54.1 Å². The van der Waals surface area contributed by atoms with E-state index in [1.165, 1.54) is 43.0 Å². The SMILES string of the molecule is C=C(/C=C\C)SCNC(=O)c1ccc(C)c2c1CN(c1ccc(-c3cnn(CC45CC6(C)CC(OC)(CC7(CC74)C6)C5)c3C)c(C(=O)O)n1)CC2. The lowest BCUT2D eigenvalue weighted by Crippen LogP contribution is -2.61. The highest BCUT2D eigenvalue weighted by molar-refractivity contribution is 8.03. The zero-order valence-corrected chi connectivity index (χ0v) is 31.3. The summed E-state index contributed by atoms with van der Waals surface area (Å²) in [6.45, 7) is 14.5. The molecular weight excluding hydrogens is 659 g/mol. The maximum atomic E-state index is 13.4. The number of hydrogen-bond acceptors (Lipinski definition) is 7. The number of aromatic nitrogens is 3. The first-order valence-corrected chi connectivity index (χ1v) is 19.2. The van der Waals surface area contributed by atoms with Gasteiger partial charge in [-0.2, -0.15) is 5.10 Å². The van der Waals surface area contributed by atoms with Crippen molar-refractivity contribution in [1.82, 2.24) is 20.1 Å². The number of aryl methyl sites for hydroxylation is 1. The molecule has 3 heterocycles. The normalized spacial score (nSPS) is 30.0. The summed E-state index contributed by atoms with van der Waals surface area (Å²) in [5.74, 6) is 0.526. The van der Waals surface area contributed by atoms with Gasteiger partial charge in [-0.05, 0) is 123 Å². The molecule has 1 aliphatic heterocycles. The molecule has 5 fully saturated rings. The minimum atomic E-state index is -1.07. The molecule has 3 aromatic rings. The third-order valence-electron chi connectivity index (χ3n) is 13.0. The number of rotatable bonds is 11. The molecule has 1 aromatic carbocycles. The zero-order valence-electron chi connectivity index (χ0n) is 30.5. The molecule has 0 saturated heterocycles. The number of benzene rings is 1.